The largest absolute Gasteiger partial charge is 0.478 e. The molecule has 1 atom stereocenters. The third-order valence-electron chi connectivity index (χ3n) is 3.66. The molecule has 110 valence electrons. The molecule has 0 bridgehead atoms. The van der Waals surface area contributed by atoms with Crippen LogP contribution in [0.2, 0.25) is 0 Å². The van der Waals surface area contributed by atoms with Crippen molar-refractivity contribution in [1.29, 1.82) is 0 Å². The lowest BCUT2D eigenvalue weighted by molar-refractivity contribution is 0.0691. The van der Waals surface area contributed by atoms with Crippen LogP contribution in [0.3, 0.4) is 0 Å². The third-order valence-corrected chi connectivity index (χ3v) is 4.76. The first-order valence-corrected chi connectivity index (χ1v) is 7.57. The highest BCUT2D eigenvalue weighted by Crippen LogP contribution is 2.36. The number of hydrogen-bond acceptors (Lipinski definition) is 4. The average Bonchev–Trinajstić information content (AvgIpc) is 3.17. The van der Waals surface area contributed by atoms with Crippen LogP contribution in [0, 0.1) is 6.92 Å². The fourth-order valence-corrected chi connectivity index (χ4v) is 3.67. The second-order valence-corrected chi connectivity index (χ2v) is 6.43. The molecule has 6 heteroatoms. The quantitative estimate of drug-likeness (QED) is 0.944. The molecule has 1 amide bonds. The van der Waals surface area contributed by atoms with Gasteiger partial charge in [-0.05, 0) is 31.9 Å². The van der Waals surface area contributed by atoms with Gasteiger partial charge >= 0.3 is 5.97 Å². The van der Waals surface area contributed by atoms with Crippen molar-refractivity contribution in [2.45, 2.75) is 25.8 Å². The minimum absolute atomic E-state index is 0.000986. The molecule has 21 heavy (non-hydrogen) atoms. The first-order valence-electron chi connectivity index (χ1n) is 6.75. The van der Waals surface area contributed by atoms with Crippen LogP contribution in [0.15, 0.2) is 28.9 Å². The molecular formula is C15H15NO4S. The van der Waals surface area contributed by atoms with Crippen molar-refractivity contribution >= 4 is 23.2 Å². The minimum atomic E-state index is -1.09. The Bertz CT molecular complexity index is 687. The summed E-state index contributed by atoms with van der Waals surface area (Å²) >= 11 is 1.69. The average molecular weight is 305 g/mol. The summed E-state index contributed by atoms with van der Waals surface area (Å²) in [5, 5.41) is 8.89. The number of carboxylic acid groups (broad SMARTS) is 1. The van der Waals surface area contributed by atoms with Crippen molar-refractivity contribution < 1.29 is 19.1 Å². The molecule has 0 unspecified atom stereocenters. The maximum atomic E-state index is 12.5. The van der Waals surface area contributed by atoms with Gasteiger partial charge in [0, 0.05) is 22.4 Å². The Labute approximate surface area is 125 Å². The van der Waals surface area contributed by atoms with Crippen LogP contribution >= 0.6 is 11.3 Å². The second-order valence-electron chi connectivity index (χ2n) is 5.11. The highest BCUT2D eigenvalue weighted by atomic mass is 32.1. The molecule has 3 rings (SSSR count). The van der Waals surface area contributed by atoms with E-state index in [1.807, 2.05) is 6.92 Å². The number of rotatable bonds is 3. The van der Waals surface area contributed by atoms with Crippen molar-refractivity contribution in [2.75, 3.05) is 6.54 Å². The lowest BCUT2D eigenvalue weighted by Crippen LogP contribution is -2.29. The fraction of sp³-hybridized carbons (Fsp3) is 0.333. The van der Waals surface area contributed by atoms with Gasteiger partial charge in [0.15, 0.2) is 5.76 Å². The van der Waals surface area contributed by atoms with Crippen LogP contribution in [0.5, 0.6) is 0 Å². The standard InChI is InChI=1S/C15H15NO4S/c1-9-4-5-13(21-9)11-3-2-6-16(11)14(17)12-7-10(8-20-12)15(18)19/h4-5,7-8,11H,2-3,6H2,1H3,(H,18,19)/t11-/m0/s1. The van der Waals surface area contributed by atoms with Crippen LogP contribution in [0.1, 0.15) is 49.6 Å². The number of thiophene rings is 1. The number of furan rings is 1. The molecule has 0 spiro atoms. The molecule has 1 aliphatic rings. The van der Waals surface area contributed by atoms with Crippen molar-refractivity contribution in [3.63, 3.8) is 0 Å². The summed E-state index contributed by atoms with van der Waals surface area (Å²) in [6.45, 7) is 2.71. The van der Waals surface area contributed by atoms with Crippen LogP contribution in [0.4, 0.5) is 0 Å². The van der Waals surface area contributed by atoms with Gasteiger partial charge in [0.25, 0.3) is 5.91 Å². The molecule has 0 saturated carbocycles. The predicted molar refractivity (Wildman–Crippen MR) is 77.7 cm³/mol. The summed E-state index contributed by atoms with van der Waals surface area (Å²) in [7, 11) is 0. The van der Waals surface area contributed by atoms with E-state index in [0.29, 0.717) is 6.54 Å². The van der Waals surface area contributed by atoms with Crippen LogP contribution in [-0.4, -0.2) is 28.4 Å². The number of likely N-dealkylation sites (tertiary alicyclic amines) is 1. The van der Waals surface area contributed by atoms with E-state index in [9.17, 15) is 9.59 Å². The monoisotopic (exact) mass is 305 g/mol. The highest BCUT2D eigenvalue weighted by molar-refractivity contribution is 7.12. The highest BCUT2D eigenvalue weighted by Gasteiger charge is 2.33. The zero-order valence-corrected chi connectivity index (χ0v) is 12.4. The van der Waals surface area contributed by atoms with Gasteiger partial charge in [-0.25, -0.2) is 4.79 Å². The van der Waals surface area contributed by atoms with Crippen molar-refractivity contribution in [2.24, 2.45) is 0 Å². The zero-order valence-electron chi connectivity index (χ0n) is 11.5. The molecular weight excluding hydrogens is 290 g/mol. The summed E-state index contributed by atoms with van der Waals surface area (Å²) in [6.07, 6.45) is 2.98. The van der Waals surface area contributed by atoms with Crippen LogP contribution in [-0.2, 0) is 0 Å². The summed E-state index contributed by atoms with van der Waals surface area (Å²) in [4.78, 5) is 27.5. The van der Waals surface area contributed by atoms with Gasteiger partial charge in [-0.1, -0.05) is 0 Å². The Kier molecular flexibility index (Phi) is 3.55. The molecule has 1 aliphatic heterocycles. The van der Waals surface area contributed by atoms with Gasteiger partial charge in [0.2, 0.25) is 0 Å². The minimum Gasteiger partial charge on any atom is -0.478 e. The molecule has 1 fully saturated rings. The van der Waals surface area contributed by atoms with E-state index < -0.39 is 5.97 Å². The smallest absolute Gasteiger partial charge is 0.338 e. The third kappa shape index (κ3) is 2.58. The number of carbonyl (C=O) groups is 2. The summed E-state index contributed by atoms with van der Waals surface area (Å²) in [5.74, 6) is -1.24. The van der Waals surface area contributed by atoms with Gasteiger partial charge in [-0.15, -0.1) is 11.3 Å². The number of amides is 1. The molecule has 2 aromatic heterocycles. The number of aryl methyl sites for hydroxylation is 1. The number of carbonyl (C=O) groups excluding carboxylic acids is 1. The predicted octanol–water partition coefficient (Wildman–Crippen LogP) is 3.33. The Morgan fingerprint density at radius 1 is 1.43 bits per heavy atom. The molecule has 0 radical (unpaired) electrons. The molecule has 3 heterocycles. The first-order chi connectivity index (χ1) is 10.1. The molecule has 2 aromatic rings. The van der Waals surface area contributed by atoms with Gasteiger partial charge in [-0.2, -0.15) is 0 Å². The molecule has 0 aliphatic carbocycles. The lowest BCUT2D eigenvalue weighted by atomic mass is 10.2. The summed E-state index contributed by atoms with van der Waals surface area (Å²) < 4.78 is 5.12. The maximum Gasteiger partial charge on any atom is 0.338 e. The van der Waals surface area contributed by atoms with Crippen LogP contribution < -0.4 is 0 Å². The normalized spacial score (nSPS) is 18.1. The fourth-order valence-electron chi connectivity index (χ4n) is 2.64. The Morgan fingerprint density at radius 2 is 2.24 bits per heavy atom. The summed E-state index contributed by atoms with van der Waals surface area (Å²) in [6, 6.07) is 5.46. The van der Waals surface area contributed by atoms with Crippen molar-refractivity contribution in [1.82, 2.24) is 4.90 Å². The zero-order chi connectivity index (χ0) is 15.0. The Balaban J connectivity index is 1.84. The molecule has 1 saturated heterocycles. The van der Waals surface area contributed by atoms with Crippen LogP contribution in [0.25, 0.3) is 0 Å². The Morgan fingerprint density at radius 3 is 2.86 bits per heavy atom. The first kappa shape index (κ1) is 13.9. The van der Waals surface area contributed by atoms with Crippen molar-refractivity contribution in [3.05, 3.63) is 45.5 Å². The Hall–Kier alpha value is -2.08. The van der Waals surface area contributed by atoms with E-state index in [-0.39, 0.29) is 23.3 Å². The number of carboxylic acids is 1. The van der Waals surface area contributed by atoms with E-state index in [1.54, 1.807) is 16.2 Å². The van der Waals surface area contributed by atoms with Gasteiger partial charge in [-0.3, -0.25) is 4.79 Å². The second kappa shape index (κ2) is 5.37. The number of aromatic carboxylic acids is 1. The lowest BCUT2D eigenvalue weighted by Gasteiger charge is -2.22. The number of hydrogen-bond donors (Lipinski definition) is 1. The maximum absolute atomic E-state index is 12.5. The van der Waals surface area contributed by atoms with Crippen molar-refractivity contribution in [3.8, 4) is 0 Å². The van der Waals surface area contributed by atoms with Gasteiger partial charge in [0.1, 0.15) is 6.26 Å². The van der Waals surface area contributed by atoms with Gasteiger partial charge in [0.05, 0.1) is 11.6 Å². The van der Waals surface area contributed by atoms with E-state index >= 15 is 0 Å². The SMILES string of the molecule is Cc1ccc([C@@H]2CCCN2C(=O)c2cc(C(=O)O)co2)s1. The molecule has 5 nitrogen and oxygen atoms in total. The molecule has 1 N–H and O–H groups in total. The van der Waals surface area contributed by atoms with E-state index in [0.717, 1.165) is 19.1 Å². The number of nitrogens with zero attached hydrogens (tertiary/aromatic N) is 1. The van der Waals surface area contributed by atoms with E-state index in [4.69, 9.17) is 9.52 Å². The molecule has 0 aromatic carbocycles. The van der Waals surface area contributed by atoms with E-state index in [2.05, 4.69) is 12.1 Å². The summed E-state index contributed by atoms with van der Waals surface area (Å²) in [5.41, 5.74) is 0.000986. The topological polar surface area (TPSA) is 70.8 Å². The van der Waals surface area contributed by atoms with Gasteiger partial charge < -0.3 is 14.4 Å². The van der Waals surface area contributed by atoms with E-state index in [1.165, 1.54) is 15.8 Å².